The molecule has 0 spiro atoms. The van der Waals surface area contributed by atoms with Crippen LogP contribution < -0.4 is 20.7 Å². The first-order valence-electron chi connectivity index (χ1n) is 18.1. The number of carbonyl (C=O) groups excluding carboxylic acids is 4. The smallest absolute Gasteiger partial charge is 0.413 e. The lowest BCUT2D eigenvalue weighted by atomic mass is 10.0. The minimum atomic E-state index is -2.36. The van der Waals surface area contributed by atoms with Crippen LogP contribution in [0.25, 0.3) is 0 Å². The maximum Gasteiger partial charge on any atom is 0.413 e. The fourth-order valence-electron chi connectivity index (χ4n) is 4.95. The van der Waals surface area contributed by atoms with Crippen LogP contribution in [-0.4, -0.2) is 75.0 Å². The Labute approximate surface area is 317 Å². The van der Waals surface area contributed by atoms with Gasteiger partial charge in [-0.2, -0.15) is 0 Å². The van der Waals surface area contributed by atoms with E-state index in [-0.39, 0.29) is 54.9 Å². The Morgan fingerprint density at radius 1 is 0.792 bits per heavy atom. The lowest BCUT2D eigenvalue weighted by Gasteiger charge is -2.40. The Bertz CT molecular complexity index is 1540. The number of amidine groups is 1. The molecule has 0 aromatic heterocycles. The molecule has 294 valence electrons. The molecule has 0 bridgehead atoms. The molecule has 2 atom stereocenters. The van der Waals surface area contributed by atoms with Crippen molar-refractivity contribution in [2.45, 2.75) is 136 Å². The molecule has 0 radical (unpaired) electrons. The van der Waals surface area contributed by atoms with Crippen molar-refractivity contribution in [1.29, 1.82) is 5.41 Å². The molecule has 2 rings (SSSR count). The van der Waals surface area contributed by atoms with E-state index in [0.29, 0.717) is 17.5 Å². The average Bonchev–Trinajstić information content (AvgIpc) is 3.00. The quantitative estimate of drug-likeness (QED) is 0.0627. The lowest BCUT2D eigenvalue weighted by Crippen LogP contribution is -2.50. The van der Waals surface area contributed by atoms with Crippen LogP contribution in [-0.2, 0) is 41.1 Å². The minimum absolute atomic E-state index is 0.0546. The maximum absolute atomic E-state index is 13.3. The molecule has 0 unspecified atom stereocenters. The van der Waals surface area contributed by atoms with E-state index in [1.54, 1.807) is 72.9 Å². The normalized spacial score (nSPS) is 13.3. The zero-order chi connectivity index (χ0) is 40.2. The van der Waals surface area contributed by atoms with Crippen LogP contribution in [0.15, 0.2) is 48.5 Å². The summed E-state index contributed by atoms with van der Waals surface area (Å²) in [6.45, 7) is 21.4. The number of carbonyl (C=O) groups is 4. The van der Waals surface area contributed by atoms with E-state index in [0.717, 1.165) is 11.3 Å². The highest BCUT2D eigenvalue weighted by Crippen LogP contribution is 2.37. The number of amides is 3. The molecule has 0 saturated carbocycles. The first-order valence-corrected chi connectivity index (χ1v) is 21.0. The number of benzene rings is 2. The molecule has 0 saturated heterocycles. The van der Waals surface area contributed by atoms with Crippen LogP contribution in [0.4, 0.5) is 4.79 Å². The van der Waals surface area contributed by atoms with Gasteiger partial charge in [-0.25, -0.2) is 4.79 Å². The molecule has 3 amide bonds. The highest BCUT2D eigenvalue weighted by atomic mass is 28.4. The van der Waals surface area contributed by atoms with Gasteiger partial charge in [-0.3, -0.25) is 25.1 Å². The van der Waals surface area contributed by atoms with Crippen molar-refractivity contribution in [1.82, 2.24) is 16.0 Å². The van der Waals surface area contributed by atoms with Gasteiger partial charge in [0.15, 0.2) is 8.32 Å². The van der Waals surface area contributed by atoms with Gasteiger partial charge in [0.2, 0.25) is 11.8 Å². The highest BCUT2D eigenvalue weighted by molar-refractivity contribution is 6.74. The van der Waals surface area contributed by atoms with Gasteiger partial charge in [0.05, 0.1) is 26.1 Å². The van der Waals surface area contributed by atoms with Crippen molar-refractivity contribution in [2.75, 3.05) is 13.7 Å². The molecular formula is C40H62N4O8Si. The predicted molar refractivity (Wildman–Crippen MR) is 210 cm³/mol. The van der Waals surface area contributed by atoms with E-state index in [9.17, 15) is 19.2 Å². The Morgan fingerprint density at radius 2 is 1.36 bits per heavy atom. The van der Waals surface area contributed by atoms with Crippen LogP contribution in [0.3, 0.4) is 0 Å². The fraction of sp³-hybridized carbons (Fsp3) is 0.575. The van der Waals surface area contributed by atoms with Gasteiger partial charge in [0, 0.05) is 24.6 Å². The standard InChI is InChI=1S/C40H62N4O8Si/c1-38(2,3)50-35(47)25-30(43-33(45)22-17-27-15-20-31(49-10)21-16-27)24-32(52-53(11,12)40(7,8)9)26-42-34(46)23-28-13-18-29(19-14-28)36(41)44-37(48)51-39(4,5)6/h13-16,18-21,30,32H,17,22-26H2,1-12H3,(H,42,46)(H,43,45)(H2,41,44,48)/t30-,32-/m0/s1. The van der Waals surface area contributed by atoms with E-state index in [1.807, 2.05) is 24.3 Å². The Kier molecular flexibility index (Phi) is 16.3. The highest BCUT2D eigenvalue weighted by Gasteiger charge is 2.40. The molecule has 2 aromatic carbocycles. The first kappa shape index (κ1) is 44.9. The molecule has 0 aliphatic heterocycles. The van der Waals surface area contributed by atoms with Gasteiger partial charge in [0.1, 0.15) is 22.8 Å². The molecule has 0 aliphatic carbocycles. The number of ether oxygens (including phenoxy) is 3. The SMILES string of the molecule is COc1ccc(CCC(=O)N[C@H](CC(=O)OC(C)(C)C)C[C@@H](CNC(=O)Cc2ccc(C(=N)NC(=O)OC(C)(C)C)cc2)O[Si](C)(C)C(C)(C)C)cc1. The van der Waals surface area contributed by atoms with E-state index in [4.69, 9.17) is 24.0 Å². The summed E-state index contributed by atoms with van der Waals surface area (Å²) in [4.78, 5) is 51.6. The predicted octanol–water partition coefficient (Wildman–Crippen LogP) is 6.83. The molecule has 0 aliphatic rings. The molecule has 0 fully saturated rings. The number of alkyl carbamates (subject to hydrolysis) is 1. The van der Waals surface area contributed by atoms with Crippen molar-refractivity contribution in [3.63, 3.8) is 0 Å². The lowest BCUT2D eigenvalue weighted by molar-refractivity contribution is -0.155. The van der Waals surface area contributed by atoms with Crippen molar-refractivity contribution < 1.29 is 37.8 Å². The van der Waals surface area contributed by atoms with Crippen molar-refractivity contribution in [3.05, 3.63) is 65.2 Å². The summed E-state index contributed by atoms with van der Waals surface area (Å²) < 4.78 is 22.9. The summed E-state index contributed by atoms with van der Waals surface area (Å²) in [5.41, 5.74) is 0.770. The number of aryl methyl sites for hydroxylation is 1. The summed E-state index contributed by atoms with van der Waals surface area (Å²) in [5, 5.41) is 16.5. The van der Waals surface area contributed by atoms with Crippen molar-refractivity contribution >= 4 is 38.0 Å². The number of hydrogen-bond donors (Lipinski definition) is 4. The summed E-state index contributed by atoms with van der Waals surface area (Å²) in [6.07, 6.45) is -0.196. The van der Waals surface area contributed by atoms with Crippen molar-refractivity contribution in [3.8, 4) is 5.75 Å². The molecule has 0 heterocycles. The van der Waals surface area contributed by atoms with Crippen LogP contribution in [0.5, 0.6) is 5.75 Å². The van der Waals surface area contributed by atoms with E-state index in [2.05, 4.69) is 49.8 Å². The molecular weight excluding hydrogens is 693 g/mol. The summed E-state index contributed by atoms with van der Waals surface area (Å²) in [5.74, 6) is -0.266. The third kappa shape index (κ3) is 17.4. The van der Waals surface area contributed by atoms with Crippen LogP contribution in [0.2, 0.25) is 18.1 Å². The van der Waals surface area contributed by atoms with Gasteiger partial charge in [-0.05, 0) is 95.8 Å². The van der Waals surface area contributed by atoms with Gasteiger partial charge in [-0.1, -0.05) is 57.2 Å². The van der Waals surface area contributed by atoms with Crippen LogP contribution >= 0.6 is 0 Å². The number of nitrogens with one attached hydrogen (secondary N) is 4. The third-order valence-corrected chi connectivity index (χ3v) is 13.1. The largest absolute Gasteiger partial charge is 0.497 e. The third-order valence-electron chi connectivity index (χ3n) is 8.57. The fourth-order valence-corrected chi connectivity index (χ4v) is 6.32. The molecule has 4 N–H and O–H groups in total. The number of methoxy groups -OCH3 is 1. The zero-order valence-corrected chi connectivity index (χ0v) is 34.8. The number of esters is 1. The summed E-state index contributed by atoms with van der Waals surface area (Å²) >= 11 is 0. The average molecular weight is 755 g/mol. The second-order valence-corrected chi connectivity index (χ2v) is 21.6. The van der Waals surface area contributed by atoms with E-state index in [1.165, 1.54) is 0 Å². The minimum Gasteiger partial charge on any atom is -0.497 e. The van der Waals surface area contributed by atoms with Crippen molar-refractivity contribution in [2.24, 2.45) is 0 Å². The Balaban J connectivity index is 2.17. The van der Waals surface area contributed by atoms with Gasteiger partial charge in [0.25, 0.3) is 0 Å². The summed E-state index contributed by atoms with van der Waals surface area (Å²) in [7, 11) is -0.757. The van der Waals surface area contributed by atoms with Gasteiger partial charge >= 0.3 is 12.1 Å². The molecule has 12 nitrogen and oxygen atoms in total. The second-order valence-electron chi connectivity index (χ2n) is 16.8. The maximum atomic E-state index is 13.3. The zero-order valence-electron chi connectivity index (χ0n) is 33.8. The molecule has 13 heteroatoms. The van der Waals surface area contributed by atoms with Gasteiger partial charge < -0.3 is 29.3 Å². The summed E-state index contributed by atoms with van der Waals surface area (Å²) in [6, 6.07) is 13.7. The number of rotatable bonds is 16. The Morgan fingerprint density at radius 3 is 1.89 bits per heavy atom. The number of hydrogen-bond acceptors (Lipinski definition) is 9. The van der Waals surface area contributed by atoms with Crippen LogP contribution in [0, 0.1) is 5.41 Å². The molecule has 53 heavy (non-hydrogen) atoms. The Hall–Kier alpha value is -4.23. The second kappa shape index (κ2) is 19.2. The topological polar surface area (TPSA) is 165 Å². The van der Waals surface area contributed by atoms with E-state index >= 15 is 0 Å². The molecule has 2 aromatic rings. The van der Waals surface area contributed by atoms with Crippen LogP contribution in [0.1, 0.15) is 98.3 Å². The van der Waals surface area contributed by atoms with E-state index < -0.39 is 43.7 Å². The monoisotopic (exact) mass is 754 g/mol. The first-order chi connectivity index (χ1) is 24.4. The van der Waals surface area contributed by atoms with Gasteiger partial charge in [-0.15, -0.1) is 0 Å².